The topological polar surface area (TPSA) is 70.2 Å². The van der Waals surface area contributed by atoms with Crippen LogP contribution in [0.3, 0.4) is 0 Å². The van der Waals surface area contributed by atoms with E-state index >= 15 is 0 Å². The molecule has 2 aromatic carbocycles. The van der Waals surface area contributed by atoms with Gasteiger partial charge in [0.05, 0.1) is 0 Å². The Morgan fingerprint density at radius 3 is 2.04 bits per heavy atom. The largest absolute Gasteiger partial charge is 0.332 e. The van der Waals surface area contributed by atoms with Crippen LogP contribution in [0, 0.1) is 0 Å². The fourth-order valence-electron chi connectivity index (χ4n) is 2.63. The molecule has 2 aromatic rings. The molecule has 0 aliphatic heterocycles. The number of amides is 2. The first-order valence-electron chi connectivity index (χ1n) is 9.63. The van der Waals surface area contributed by atoms with Crippen LogP contribution in [0.25, 0.3) is 0 Å². The molecule has 0 aromatic heterocycles. The number of unbranched alkanes of at least 4 members (excludes halogenated alkanes) is 2. The van der Waals surface area contributed by atoms with Gasteiger partial charge in [0.15, 0.2) is 5.11 Å². The number of carbonyl (C=O) groups is 2. The number of rotatable bonds is 8. The van der Waals surface area contributed by atoms with Crippen LogP contribution in [-0.4, -0.2) is 16.9 Å². The normalized spacial score (nSPS) is 10.2. The molecule has 148 valence electrons. The van der Waals surface area contributed by atoms with E-state index in [4.69, 9.17) is 12.2 Å². The van der Waals surface area contributed by atoms with E-state index in [0.29, 0.717) is 12.0 Å². The summed E-state index contributed by atoms with van der Waals surface area (Å²) in [6.07, 6.45) is 4.51. The average molecular weight is 398 g/mol. The Bertz CT molecular complexity index is 802. The SMILES string of the molecule is CCCCCC(=O)Nc1ccc(NC(=S)NC(=O)c2ccc(CC)cc2)cc1. The molecule has 0 fully saturated rings. The fraction of sp³-hybridized carbons (Fsp3) is 0.318. The number of hydrogen-bond acceptors (Lipinski definition) is 3. The van der Waals surface area contributed by atoms with E-state index in [1.807, 2.05) is 12.1 Å². The third kappa shape index (κ3) is 7.12. The molecule has 6 heteroatoms. The number of carbonyl (C=O) groups excluding carboxylic acids is 2. The molecule has 2 rings (SSSR count). The fourth-order valence-corrected chi connectivity index (χ4v) is 2.84. The monoisotopic (exact) mass is 397 g/mol. The van der Waals surface area contributed by atoms with Crippen LogP contribution in [-0.2, 0) is 11.2 Å². The van der Waals surface area contributed by atoms with Crippen molar-refractivity contribution in [3.05, 3.63) is 59.7 Å². The molecule has 0 spiro atoms. The zero-order valence-corrected chi connectivity index (χ0v) is 17.2. The second kappa shape index (κ2) is 11.2. The van der Waals surface area contributed by atoms with Crippen molar-refractivity contribution in [2.75, 3.05) is 10.6 Å². The summed E-state index contributed by atoms with van der Waals surface area (Å²) in [5, 5.41) is 8.74. The molecule has 0 bridgehead atoms. The molecule has 5 nitrogen and oxygen atoms in total. The Balaban J connectivity index is 1.83. The highest BCUT2D eigenvalue weighted by Gasteiger charge is 2.08. The maximum atomic E-state index is 12.2. The zero-order chi connectivity index (χ0) is 20.4. The molecule has 0 atom stereocenters. The van der Waals surface area contributed by atoms with E-state index in [1.54, 1.807) is 36.4 Å². The van der Waals surface area contributed by atoms with Gasteiger partial charge in [-0.25, -0.2) is 0 Å². The second-order valence-electron chi connectivity index (χ2n) is 6.54. The minimum Gasteiger partial charge on any atom is -0.332 e. The molecule has 28 heavy (non-hydrogen) atoms. The van der Waals surface area contributed by atoms with Crippen molar-refractivity contribution in [1.82, 2.24) is 5.32 Å². The summed E-state index contributed by atoms with van der Waals surface area (Å²) in [5.74, 6) is -0.234. The minimum absolute atomic E-state index is 0.0195. The van der Waals surface area contributed by atoms with Gasteiger partial charge in [-0.3, -0.25) is 14.9 Å². The first-order chi connectivity index (χ1) is 13.5. The third-order valence-electron chi connectivity index (χ3n) is 4.29. The van der Waals surface area contributed by atoms with E-state index < -0.39 is 0 Å². The standard InChI is InChI=1S/C22H27N3O2S/c1-3-5-6-7-20(26)23-18-12-14-19(15-13-18)24-22(28)25-21(27)17-10-8-16(4-2)9-11-17/h8-15H,3-7H2,1-2H3,(H,23,26)(H2,24,25,27,28). The lowest BCUT2D eigenvalue weighted by molar-refractivity contribution is -0.116. The van der Waals surface area contributed by atoms with Crippen molar-refractivity contribution >= 4 is 40.5 Å². The maximum absolute atomic E-state index is 12.2. The smallest absolute Gasteiger partial charge is 0.257 e. The van der Waals surface area contributed by atoms with Crippen molar-refractivity contribution in [2.24, 2.45) is 0 Å². The van der Waals surface area contributed by atoms with E-state index in [0.717, 1.165) is 37.1 Å². The summed E-state index contributed by atoms with van der Waals surface area (Å²) in [4.78, 5) is 24.1. The molecule has 0 aliphatic carbocycles. The molecule has 0 heterocycles. The van der Waals surface area contributed by atoms with E-state index in [2.05, 4.69) is 29.8 Å². The first kappa shape index (κ1) is 21.6. The van der Waals surface area contributed by atoms with Gasteiger partial charge >= 0.3 is 0 Å². The third-order valence-corrected chi connectivity index (χ3v) is 4.49. The lowest BCUT2D eigenvalue weighted by Gasteiger charge is -2.11. The first-order valence-corrected chi connectivity index (χ1v) is 10.0. The van der Waals surface area contributed by atoms with Crippen LogP contribution in [0.5, 0.6) is 0 Å². The summed E-state index contributed by atoms with van der Waals surface area (Å²) in [6, 6.07) is 14.6. The van der Waals surface area contributed by atoms with Gasteiger partial charge in [-0.2, -0.15) is 0 Å². The highest BCUT2D eigenvalue weighted by molar-refractivity contribution is 7.80. The van der Waals surface area contributed by atoms with Gasteiger partial charge in [-0.15, -0.1) is 0 Å². The van der Waals surface area contributed by atoms with Crippen LogP contribution < -0.4 is 16.0 Å². The summed E-state index contributed by atoms with van der Waals surface area (Å²) in [6.45, 7) is 4.18. The average Bonchev–Trinajstić information content (AvgIpc) is 2.69. The maximum Gasteiger partial charge on any atom is 0.257 e. The summed E-state index contributed by atoms with van der Waals surface area (Å²) < 4.78 is 0. The molecule has 0 unspecified atom stereocenters. The predicted octanol–water partition coefficient (Wildman–Crippen LogP) is 4.89. The summed E-state index contributed by atoms with van der Waals surface area (Å²) in [5.41, 5.74) is 3.20. The Labute approximate surface area is 171 Å². The number of nitrogens with one attached hydrogen (secondary N) is 3. The van der Waals surface area contributed by atoms with Gasteiger partial charge in [-0.05, 0) is 67.0 Å². The lowest BCUT2D eigenvalue weighted by Crippen LogP contribution is -2.34. The molecule has 0 saturated heterocycles. The summed E-state index contributed by atoms with van der Waals surface area (Å²) >= 11 is 5.21. The minimum atomic E-state index is -0.254. The Morgan fingerprint density at radius 1 is 0.857 bits per heavy atom. The highest BCUT2D eigenvalue weighted by Crippen LogP contribution is 2.14. The molecule has 0 aliphatic rings. The van der Waals surface area contributed by atoms with Crippen molar-refractivity contribution in [3.8, 4) is 0 Å². The predicted molar refractivity (Wildman–Crippen MR) is 119 cm³/mol. The van der Waals surface area contributed by atoms with Crippen molar-refractivity contribution < 1.29 is 9.59 Å². The number of anilines is 2. The van der Waals surface area contributed by atoms with Gasteiger partial charge in [-0.1, -0.05) is 38.8 Å². The Kier molecular flexibility index (Phi) is 8.62. The molecule has 3 N–H and O–H groups in total. The van der Waals surface area contributed by atoms with Gasteiger partial charge in [0.25, 0.3) is 5.91 Å². The van der Waals surface area contributed by atoms with Crippen LogP contribution in [0.15, 0.2) is 48.5 Å². The van der Waals surface area contributed by atoms with Crippen LogP contribution in [0.2, 0.25) is 0 Å². The molecule has 0 saturated carbocycles. The lowest BCUT2D eigenvalue weighted by atomic mass is 10.1. The van der Waals surface area contributed by atoms with E-state index in [-0.39, 0.29) is 16.9 Å². The van der Waals surface area contributed by atoms with E-state index in [1.165, 1.54) is 5.56 Å². The van der Waals surface area contributed by atoms with E-state index in [9.17, 15) is 9.59 Å². The number of aryl methyl sites for hydroxylation is 1. The van der Waals surface area contributed by atoms with Crippen molar-refractivity contribution in [2.45, 2.75) is 46.0 Å². The zero-order valence-electron chi connectivity index (χ0n) is 16.4. The second-order valence-corrected chi connectivity index (χ2v) is 6.95. The number of hydrogen-bond donors (Lipinski definition) is 3. The summed E-state index contributed by atoms with van der Waals surface area (Å²) in [7, 11) is 0. The van der Waals surface area contributed by atoms with Crippen LogP contribution in [0.1, 0.15) is 55.5 Å². The van der Waals surface area contributed by atoms with Gasteiger partial charge < -0.3 is 10.6 Å². The highest BCUT2D eigenvalue weighted by atomic mass is 32.1. The Hall–Kier alpha value is -2.73. The van der Waals surface area contributed by atoms with Gasteiger partial charge in [0.1, 0.15) is 0 Å². The molecule has 0 radical (unpaired) electrons. The van der Waals surface area contributed by atoms with Gasteiger partial charge in [0.2, 0.25) is 5.91 Å². The molecule has 2 amide bonds. The van der Waals surface area contributed by atoms with Crippen molar-refractivity contribution in [3.63, 3.8) is 0 Å². The van der Waals surface area contributed by atoms with Crippen LogP contribution >= 0.6 is 12.2 Å². The van der Waals surface area contributed by atoms with Gasteiger partial charge in [0, 0.05) is 23.4 Å². The molecular weight excluding hydrogens is 370 g/mol. The number of thiocarbonyl (C=S) groups is 1. The number of benzene rings is 2. The van der Waals surface area contributed by atoms with Crippen molar-refractivity contribution in [1.29, 1.82) is 0 Å². The molecular formula is C22H27N3O2S. The quantitative estimate of drug-likeness (QED) is 0.438. The Morgan fingerprint density at radius 2 is 1.46 bits per heavy atom. The van der Waals surface area contributed by atoms with Crippen LogP contribution in [0.4, 0.5) is 11.4 Å².